The number of nitrogens with zero attached hydrogens (tertiary/aromatic N) is 2. The average Bonchev–Trinajstić information content (AvgIpc) is 3.09. The van der Waals surface area contributed by atoms with Crippen LogP contribution in [0.15, 0.2) is 82.4 Å². The number of benzene rings is 2. The van der Waals surface area contributed by atoms with Gasteiger partial charge >= 0.3 is 0 Å². The third-order valence-electron chi connectivity index (χ3n) is 4.90. The summed E-state index contributed by atoms with van der Waals surface area (Å²) in [6.45, 7) is 4.24. The van der Waals surface area contributed by atoms with Crippen LogP contribution in [-0.2, 0) is 0 Å². The summed E-state index contributed by atoms with van der Waals surface area (Å²) in [7, 11) is 1.78. The van der Waals surface area contributed by atoms with Gasteiger partial charge in [0.05, 0.1) is 0 Å². The van der Waals surface area contributed by atoms with Gasteiger partial charge in [0.2, 0.25) is 5.71 Å². The van der Waals surface area contributed by atoms with Crippen molar-refractivity contribution < 1.29 is 4.42 Å². The number of aryl methyl sites for hydroxylation is 1. The van der Waals surface area contributed by atoms with Crippen molar-refractivity contribution in [3.05, 3.63) is 89.6 Å². The second-order valence-corrected chi connectivity index (χ2v) is 6.81. The van der Waals surface area contributed by atoms with E-state index >= 15 is 0 Å². The largest absolute Gasteiger partial charge is 0.437 e. The van der Waals surface area contributed by atoms with Crippen LogP contribution in [0.4, 0.5) is 0 Å². The Labute approximate surface area is 164 Å². The summed E-state index contributed by atoms with van der Waals surface area (Å²) in [6.07, 6.45) is 7.82. The Morgan fingerprint density at radius 2 is 1.82 bits per heavy atom. The molecule has 0 saturated heterocycles. The van der Waals surface area contributed by atoms with E-state index in [1.807, 2.05) is 36.6 Å². The predicted molar refractivity (Wildman–Crippen MR) is 119 cm³/mol. The van der Waals surface area contributed by atoms with Crippen LogP contribution in [0.2, 0.25) is 0 Å². The van der Waals surface area contributed by atoms with Crippen LogP contribution in [0.5, 0.6) is 0 Å². The van der Waals surface area contributed by atoms with E-state index in [-0.39, 0.29) is 0 Å². The van der Waals surface area contributed by atoms with Gasteiger partial charge in [0.1, 0.15) is 5.58 Å². The third kappa shape index (κ3) is 3.27. The maximum absolute atomic E-state index is 6.16. The summed E-state index contributed by atoms with van der Waals surface area (Å²) in [6, 6.07) is 18.6. The summed E-state index contributed by atoms with van der Waals surface area (Å²) < 4.78 is 6.16. The number of pyridine rings is 1. The molecule has 0 aliphatic heterocycles. The molecule has 0 fully saturated rings. The van der Waals surface area contributed by atoms with Gasteiger partial charge in [-0.15, -0.1) is 0 Å². The zero-order chi connectivity index (χ0) is 19.5. The Morgan fingerprint density at radius 1 is 1.00 bits per heavy atom. The molecule has 28 heavy (non-hydrogen) atoms. The standard InChI is InChI=1S/C25H22N2O/c1-17-11-12-21-22-10-7-14-27-25(22)28-24(21)23(17)18(2)16-20(13-15-26-3)19-8-5-4-6-9-19/h4-16H,1-3H3/b18-16+,20-13+,26-15+. The number of aliphatic imine (C=N–C) groups is 1. The molecule has 0 unspecified atom stereocenters. The fourth-order valence-corrected chi connectivity index (χ4v) is 3.58. The van der Waals surface area contributed by atoms with E-state index < -0.39 is 0 Å². The summed E-state index contributed by atoms with van der Waals surface area (Å²) in [4.78, 5) is 8.50. The highest BCUT2D eigenvalue weighted by molar-refractivity contribution is 6.08. The van der Waals surface area contributed by atoms with Crippen molar-refractivity contribution in [1.82, 2.24) is 4.98 Å². The summed E-state index contributed by atoms with van der Waals surface area (Å²) in [5.74, 6) is 0. The molecule has 138 valence electrons. The van der Waals surface area contributed by atoms with Crippen molar-refractivity contribution in [3.8, 4) is 0 Å². The topological polar surface area (TPSA) is 38.4 Å². The highest BCUT2D eigenvalue weighted by atomic mass is 16.3. The molecule has 3 nitrogen and oxygen atoms in total. The van der Waals surface area contributed by atoms with E-state index in [0.717, 1.165) is 38.6 Å². The second-order valence-electron chi connectivity index (χ2n) is 6.81. The monoisotopic (exact) mass is 366 g/mol. The van der Waals surface area contributed by atoms with Crippen LogP contribution < -0.4 is 0 Å². The number of hydrogen-bond acceptors (Lipinski definition) is 3. The van der Waals surface area contributed by atoms with Crippen LogP contribution >= 0.6 is 0 Å². The van der Waals surface area contributed by atoms with Crippen LogP contribution in [0.3, 0.4) is 0 Å². The van der Waals surface area contributed by atoms with Crippen molar-refractivity contribution in [1.29, 1.82) is 0 Å². The highest BCUT2D eigenvalue weighted by Crippen LogP contribution is 2.35. The number of allylic oxidation sites excluding steroid dienone is 4. The van der Waals surface area contributed by atoms with Crippen molar-refractivity contribution in [2.75, 3.05) is 7.05 Å². The van der Waals surface area contributed by atoms with Gasteiger partial charge in [-0.3, -0.25) is 4.99 Å². The van der Waals surface area contributed by atoms with Crippen LogP contribution in [0.25, 0.3) is 33.2 Å². The quantitative estimate of drug-likeness (QED) is 0.306. The van der Waals surface area contributed by atoms with Gasteiger partial charge < -0.3 is 4.42 Å². The van der Waals surface area contributed by atoms with Gasteiger partial charge in [-0.25, -0.2) is 4.98 Å². The lowest BCUT2D eigenvalue weighted by atomic mass is 9.95. The molecule has 0 N–H and O–H groups in total. The minimum absolute atomic E-state index is 0.675. The minimum atomic E-state index is 0.675. The lowest BCUT2D eigenvalue weighted by Gasteiger charge is -2.09. The summed E-state index contributed by atoms with van der Waals surface area (Å²) in [5.41, 5.74) is 7.25. The normalized spacial score (nSPS) is 13.1. The number of rotatable bonds is 4. The van der Waals surface area contributed by atoms with E-state index in [9.17, 15) is 0 Å². The molecule has 0 aliphatic rings. The number of furan rings is 1. The first-order valence-corrected chi connectivity index (χ1v) is 9.32. The first-order valence-electron chi connectivity index (χ1n) is 9.32. The van der Waals surface area contributed by atoms with E-state index in [0.29, 0.717) is 5.71 Å². The summed E-state index contributed by atoms with van der Waals surface area (Å²) >= 11 is 0. The zero-order valence-electron chi connectivity index (χ0n) is 16.3. The molecule has 2 aromatic carbocycles. The second kappa shape index (κ2) is 7.65. The van der Waals surface area contributed by atoms with Gasteiger partial charge in [-0.1, -0.05) is 48.5 Å². The van der Waals surface area contributed by atoms with Gasteiger partial charge in [0.25, 0.3) is 0 Å². The fraction of sp³-hybridized carbons (Fsp3) is 0.120. The zero-order valence-corrected chi connectivity index (χ0v) is 16.3. The molecular formula is C25H22N2O. The number of aromatic nitrogens is 1. The molecule has 4 aromatic rings. The SMILES string of the molecule is C/N=C/C=C(\C=C(/C)c1c(C)ccc2c1oc1ncccc12)c1ccccc1. The van der Waals surface area contributed by atoms with E-state index in [4.69, 9.17) is 4.42 Å². The Bertz CT molecular complexity index is 1230. The smallest absolute Gasteiger partial charge is 0.227 e. The maximum Gasteiger partial charge on any atom is 0.227 e. The molecule has 2 heterocycles. The van der Waals surface area contributed by atoms with Crippen LogP contribution in [0.1, 0.15) is 23.6 Å². The van der Waals surface area contributed by atoms with E-state index in [1.165, 1.54) is 5.56 Å². The molecule has 2 aromatic heterocycles. The molecule has 0 spiro atoms. The van der Waals surface area contributed by atoms with Gasteiger partial charge in [0, 0.05) is 35.8 Å². The van der Waals surface area contributed by atoms with Crippen LogP contribution in [-0.4, -0.2) is 18.2 Å². The molecule has 0 aliphatic carbocycles. The Kier molecular flexibility index (Phi) is 4.90. The van der Waals surface area contributed by atoms with E-state index in [1.54, 1.807) is 13.2 Å². The van der Waals surface area contributed by atoms with E-state index in [2.05, 4.69) is 60.2 Å². The first-order chi connectivity index (χ1) is 13.7. The lowest BCUT2D eigenvalue weighted by Crippen LogP contribution is -1.89. The molecular weight excluding hydrogens is 344 g/mol. The fourth-order valence-electron chi connectivity index (χ4n) is 3.58. The average molecular weight is 366 g/mol. The molecule has 0 radical (unpaired) electrons. The molecule has 3 heteroatoms. The van der Waals surface area contributed by atoms with Gasteiger partial charge in [-0.2, -0.15) is 0 Å². The Hall–Kier alpha value is -3.46. The highest BCUT2D eigenvalue weighted by Gasteiger charge is 2.15. The first kappa shape index (κ1) is 17.9. The van der Waals surface area contributed by atoms with Gasteiger partial charge in [-0.05, 0) is 54.3 Å². The lowest BCUT2D eigenvalue weighted by molar-refractivity contribution is 0.652. The summed E-state index contributed by atoms with van der Waals surface area (Å²) in [5, 5.41) is 2.14. The Balaban J connectivity index is 1.92. The predicted octanol–water partition coefficient (Wildman–Crippen LogP) is 6.48. The molecule has 0 bridgehead atoms. The minimum Gasteiger partial charge on any atom is -0.437 e. The Morgan fingerprint density at radius 3 is 2.61 bits per heavy atom. The van der Waals surface area contributed by atoms with Crippen LogP contribution in [0, 0.1) is 6.92 Å². The van der Waals surface area contributed by atoms with Crippen molar-refractivity contribution >= 4 is 39.4 Å². The number of hydrogen-bond donors (Lipinski definition) is 0. The van der Waals surface area contributed by atoms with Crippen molar-refractivity contribution in [2.24, 2.45) is 4.99 Å². The molecule has 4 rings (SSSR count). The molecule has 0 atom stereocenters. The third-order valence-corrected chi connectivity index (χ3v) is 4.90. The maximum atomic E-state index is 6.16. The van der Waals surface area contributed by atoms with Crippen molar-refractivity contribution in [2.45, 2.75) is 13.8 Å². The molecule has 0 amide bonds. The molecule has 0 saturated carbocycles. The van der Waals surface area contributed by atoms with Gasteiger partial charge in [0.15, 0.2) is 0 Å². The van der Waals surface area contributed by atoms with Crippen molar-refractivity contribution in [3.63, 3.8) is 0 Å². The number of fused-ring (bicyclic) bond motifs is 3.